The molecule has 0 fully saturated rings. The summed E-state index contributed by atoms with van der Waals surface area (Å²) in [6, 6.07) is 2.88. The maximum Gasteiger partial charge on any atom is 0.261 e. The van der Waals surface area contributed by atoms with Gasteiger partial charge in [-0.2, -0.15) is 0 Å². The monoisotopic (exact) mass is 315 g/mol. The predicted octanol–water partition coefficient (Wildman–Crippen LogP) is 3.41. The minimum atomic E-state index is -0.345. The summed E-state index contributed by atoms with van der Waals surface area (Å²) in [5.74, 6) is -0.690. The molecule has 0 saturated carbocycles. The second-order valence-electron chi connectivity index (χ2n) is 4.54. The van der Waals surface area contributed by atoms with Crippen molar-refractivity contribution in [1.29, 1.82) is 0 Å². The topological polar surface area (TPSA) is 46.6 Å². The first-order chi connectivity index (χ1) is 9.56. The van der Waals surface area contributed by atoms with Gasteiger partial charge in [-0.3, -0.25) is 14.5 Å². The number of amides is 2. The lowest BCUT2D eigenvalue weighted by molar-refractivity contribution is 0.0561. The molecule has 1 aromatic rings. The summed E-state index contributed by atoms with van der Waals surface area (Å²) in [7, 11) is 0. The maximum absolute atomic E-state index is 12.1. The van der Waals surface area contributed by atoms with Gasteiger partial charge in [0, 0.05) is 6.61 Å². The molecule has 0 atom stereocenters. The summed E-state index contributed by atoms with van der Waals surface area (Å²) in [6.45, 7) is 3.29. The SMILES string of the molecule is CCCCOCCN1C(=O)c2cc(Cl)c(Cl)cc2C1=O. The van der Waals surface area contributed by atoms with Gasteiger partial charge < -0.3 is 4.74 Å². The van der Waals surface area contributed by atoms with Gasteiger partial charge in [0.2, 0.25) is 0 Å². The smallest absolute Gasteiger partial charge is 0.261 e. The van der Waals surface area contributed by atoms with E-state index < -0.39 is 0 Å². The molecule has 2 amide bonds. The van der Waals surface area contributed by atoms with E-state index in [1.807, 2.05) is 0 Å². The first-order valence-electron chi connectivity index (χ1n) is 6.49. The molecule has 1 heterocycles. The van der Waals surface area contributed by atoms with E-state index in [1.54, 1.807) is 0 Å². The van der Waals surface area contributed by atoms with E-state index in [0.29, 0.717) is 24.3 Å². The van der Waals surface area contributed by atoms with E-state index in [0.717, 1.165) is 12.8 Å². The van der Waals surface area contributed by atoms with Crippen LogP contribution in [0.3, 0.4) is 0 Å². The number of imide groups is 1. The molecule has 0 saturated heterocycles. The summed E-state index contributed by atoms with van der Waals surface area (Å²) in [5.41, 5.74) is 0.607. The third-order valence-electron chi connectivity index (χ3n) is 3.11. The number of carbonyl (C=O) groups excluding carboxylic acids is 2. The van der Waals surface area contributed by atoms with Crippen molar-refractivity contribution in [1.82, 2.24) is 4.90 Å². The van der Waals surface area contributed by atoms with Crippen molar-refractivity contribution in [3.05, 3.63) is 33.3 Å². The Kier molecular flexibility index (Phi) is 5.02. The zero-order valence-corrected chi connectivity index (χ0v) is 12.6. The van der Waals surface area contributed by atoms with Crippen LogP contribution in [-0.4, -0.2) is 36.5 Å². The number of rotatable bonds is 6. The molecule has 20 heavy (non-hydrogen) atoms. The highest BCUT2D eigenvalue weighted by atomic mass is 35.5. The van der Waals surface area contributed by atoms with Crippen molar-refractivity contribution in [2.45, 2.75) is 19.8 Å². The zero-order chi connectivity index (χ0) is 14.7. The molecule has 1 aliphatic rings. The number of carbonyl (C=O) groups is 2. The number of hydrogen-bond donors (Lipinski definition) is 0. The summed E-state index contributed by atoms with van der Waals surface area (Å²) in [5, 5.41) is 0.542. The first kappa shape index (κ1) is 15.3. The van der Waals surface area contributed by atoms with Crippen LogP contribution in [0.25, 0.3) is 0 Å². The lowest BCUT2D eigenvalue weighted by Gasteiger charge is -2.13. The van der Waals surface area contributed by atoms with Crippen LogP contribution >= 0.6 is 23.2 Å². The molecule has 108 valence electrons. The molecular formula is C14H15Cl2NO3. The molecular weight excluding hydrogens is 301 g/mol. The van der Waals surface area contributed by atoms with Crippen LogP contribution in [0.1, 0.15) is 40.5 Å². The highest BCUT2D eigenvalue weighted by Gasteiger charge is 2.35. The van der Waals surface area contributed by atoms with Crippen molar-refractivity contribution in [2.75, 3.05) is 19.8 Å². The highest BCUT2D eigenvalue weighted by molar-refractivity contribution is 6.43. The van der Waals surface area contributed by atoms with Gasteiger partial charge in [-0.25, -0.2) is 0 Å². The fraction of sp³-hybridized carbons (Fsp3) is 0.429. The number of benzene rings is 1. The van der Waals surface area contributed by atoms with Crippen molar-refractivity contribution in [3.8, 4) is 0 Å². The Hall–Kier alpha value is -1.10. The van der Waals surface area contributed by atoms with E-state index in [4.69, 9.17) is 27.9 Å². The Morgan fingerprint density at radius 3 is 2.10 bits per heavy atom. The molecule has 0 spiro atoms. The largest absolute Gasteiger partial charge is 0.380 e. The van der Waals surface area contributed by atoms with Crippen LogP contribution in [0.4, 0.5) is 0 Å². The van der Waals surface area contributed by atoms with Crippen molar-refractivity contribution < 1.29 is 14.3 Å². The van der Waals surface area contributed by atoms with Gasteiger partial charge in [-0.1, -0.05) is 36.5 Å². The average molecular weight is 316 g/mol. The average Bonchev–Trinajstić information content (AvgIpc) is 2.64. The van der Waals surface area contributed by atoms with Gasteiger partial charge in [0.25, 0.3) is 11.8 Å². The minimum Gasteiger partial charge on any atom is -0.380 e. The van der Waals surface area contributed by atoms with Gasteiger partial charge in [0.1, 0.15) is 0 Å². The quantitative estimate of drug-likeness (QED) is 0.597. The summed E-state index contributed by atoms with van der Waals surface area (Å²) < 4.78 is 5.38. The number of fused-ring (bicyclic) bond motifs is 1. The minimum absolute atomic E-state index is 0.241. The number of halogens is 2. The van der Waals surface area contributed by atoms with Crippen LogP contribution in [0.5, 0.6) is 0 Å². The molecule has 0 radical (unpaired) electrons. The highest BCUT2D eigenvalue weighted by Crippen LogP contribution is 2.31. The van der Waals surface area contributed by atoms with E-state index in [-0.39, 0.29) is 28.4 Å². The zero-order valence-electron chi connectivity index (χ0n) is 11.1. The van der Waals surface area contributed by atoms with Gasteiger partial charge in [-0.05, 0) is 18.6 Å². The fourth-order valence-electron chi connectivity index (χ4n) is 1.99. The molecule has 4 nitrogen and oxygen atoms in total. The number of unbranched alkanes of at least 4 members (excludes halogenated alkanes) is 1. The van der Waals surface area contributed by atoms with Gasteiger partial charge in [0.05, 0.1) is 34.3 Å². The van der Waals surface area contributed by atoms with Crippen LogP contribution in [0.15, 0.2) is 12.1 Å². The van der Waals surface area contributed by atoms with Crippen LogP contribution in [0.2, 0.25) is 10.0 Å². The Labute approximate surface area is 127 Å². The Morgan fingerprint density at radius 1 is 1.05 bits per heavy atom. The third kappa shape index (κ3) is 2.97. The summed E-state index contributed by atoms with van der Waals surface area (Å²) in [6.07, 6.45) is 2.01. The molecule has 0 aliphatic carbocycles. The molecule has 0 aromatic heterocycles. The summed E-state index contributed by atoms with van der Waals surface area (Å²) in [4.78, 5) is 25.4. The Bertz CT molecular complexity index is 504. The van der Waals surface area contributed by atoms with Gasteiger partial charge in [0.15, 0.2) is 0 Å². The first-order valence-corrected chi connectivity index (χ1v) is 7.24. The van der Waals surface area contributed by atoms with E-state index in [9.17, 15) is 9.59 Å². The molecule has 0 N–H and O–H groups in total. The van der Waals surface area contributed by atoms with Crippen LogP contribution < -0.4 is 0 Å². The molecule has 1 aromatic carbocycles. The predicted molar refractivity (Wildman–Crippen MR) is 77.6 cm³/mol. The Morgan fingerprint density at radius 2 is 1.60 bits per heavy atom. The molecule has 2 rings (SSSR count). The van der Waals surface area contributed by atoms with Gasteiger partial charge >= 0.3 is 0 Å². The van der Waals surface area contributed by atoms with E-state index in [2.05, 4.69) is 6.92 Å². The van der Waals surface area contributed by atoms with Crippen molar-refractivity contribution >= 4 is 35.0 Å². The Balaban J connectivity index is 2.04. The van der Waals surface area contributed by atoms with E-state index in [1.165, 1.54) is 17.0 Å². The second kappa shape index (κ2) is 6.57. The molecule has 6 heteroatoms. The second-order valence-corrected chi connectivity index (χ2v) is 5.35. The number of ether oxygens (including phenoxy) is 1. The summed E-state index contributed by atoms with van der Waals surface area (Å²) >= 11 is 11.8. The van der Waals surface area contributed by atoms with Crippen LogP contribution in [0, 0.1) is 0 Å². The molecule has 0 unspecified atom stereocenters. The van der Waals surface area contributed by atoms with Crippen molar-refractivity contribution in [3.63, 3.8) is 0 Å². The standard InChI is InChI=1S/C14H15Cl2NO3/c1-2-3-5-20-6-4-17-13(18)9-7-11(15)12(16)8-10(9)14(17)19/h7-8H,2-6H2,1H3. The number of nitrogens with zero attached hydrogens (tertiary/aromatic N) is 1. The third-order valence-corrected chi connectivity index (χ3v) is 3.84. The molecule has 1 aliphatic heterocycles. The van der Waals surface area contributed by atoms with Gasteiger partial charge in [-0.15, -0.1) is 0 Å². The fourth-order valence-corrected chi connectivity index (χ4v) is 2.32. The number of hydrogen-bond acceptors (Lipinski definition) is 3. The molecule has 0 bridgehead atoms. The van der Waals surface area contributed by atoms with Crippen LogP contribution in [-0.2, 0) is 4.74 Å². The lowest BCUT2D eigenvalue weighted by Crippen LogP contribution is -2.33. The maximum atomic E-state index is 12.1. The van der Waals surface area contributed by atoms with E-state index >= 15 is 0 Å². The normalized spacial score (nSPS) is 14.1. The lowest BCUT2D eigenvalue weighted by atomic mass is 10.1. The van der Waals surface area contributed by atoms with Crippen molar-refractivity contribution in [2.24, 2.45) is 0 Å².